The van der Waals surface area contributed by atoms with E-state index in [1.165, 1.54) is 7.11 Å². The maximum Gasteiger partial charge on any atom is 0.337 e. The van der Waals surface area contributed by atoms with Crippen LogP contribution in [-0.2, 0) is 15.9 Å². The van der Waals surface area contributed by atoms with Crippen molar-refractivity contribution in [3.63, 3.8) is 0 Å². The molecule has 2 aromatic rings. The Morgan fingerprint density at radius 2 is 1.93 bits per heavy atom. The number of methoxy groups -OCH3 is 1. The van der Waals surface area contributed by atoms with Gasteiger partial charge in [-0.2, -0.15) is 0 Å². The Hall–Kier alpha value is -1.63. The van der Waals surface area contributed by atoms with E-state index in [-0.39, 0.29) is 43.7 Å². The third kappa shape index (κ3) is 7.78. The van der Waals surface area contributed by atoms with Crippen LogP contribution in [0.25, 0.3) is 0 Å². The van der Waals surface area contributed by atoms with Crippen LogP contribution < -0.4 is 5.32 Å². The van der Waals surface area contributed by atoms with E-state index in [2.05, 4.69) is 12.2 Å². The Labute approximate surface area is 177 Å². The highest BCUT2D eigenvalue weighted by Gasteiger charge is 2.14. The lowest BCUT2D eigenvalue weighted by Gasteiger charge is -2.22. The van der Waals surface area contributed by atoms with Crippen molar-refractivity contribution in [1.82, 2.24) is 5.32 Å². The topological polar surface area (TPSA) is 67.8 Å². The number of hydrogen-bond donors (Lipinski definition) is 2. The van der Waals surface area contributed by atoms with Gasteiger partial charge >= 0.3 is 5.97 Å². The fourth-order valence-corrected chi connectivity index (χ4v) is 3.00. The predicted molar refractivity (Wildman–Crippen MR) is 113 cm³/mol. The molecule has 0 aromatic heterocycles. The van der Waals surface area contributed by atoms with E-state index in [4.69, 9.17) is 26.2 Å². The summed E-state index contributed by atoms with van der Waals surface area (Å²) in [6, 6.07) is 15.2. The molecule has 154 valence electrons. The zero-order chi connectivity index (χ0) is 19.6. The minimum absolute atomic E-state index is 0. The highest BCUT2D eigenvalue weighted by Crippen LogP contribution is 2.21. The van der Waals surface area contributed by atoms with Crippen molar-refractivity contribution in [2.45, 2.75) is 25.5 Å². The summed E-state index contributed by atoms with van der Waals surface area (Å²) in [5.41, 5.74) is 2.64. The van der Waals surface area contributed by atoms with Gasteiger partial charge in [0.25, 0.3) is 0 Å². The third-order valence-electron chi connectivity index (χ3n) is 4.20. The fraction of sp³-hybridized carbons (Fsp3) is 0.381. The van der Waals surface area contributed by atoms with E-state index < -0.39 is 0 Å². The van der Waals surface area contributed by atoms with Crippen molar-refractivity contribution in [2.75, 3.05) is 26.9 Å². The van der Waals surface area contributed by atoms with Crippen molar-refractivity contribution in [3.05, 3.63) is 70.2 Å². The van der Waals surface area contributed by atoms with E-state index in [9.17, 15) is 4.79 Å². The Bertz CT molecular complexity index is 725. The molecule has 0 bridgehead atoms. The van der Waals surface area contributed by atoms with Gasteiger partial charge in [0.05, 0.1) is 32.0 Å². The van der Waals surface area contributed by atoms with Crippen LogP contribution in [0.2, 0.25) is 5.02 Å². The second-order valence-corrected chi connectivity index (χ2v) is 6.78. The minimum Gasteiger partial charge on any atom is -0.465 e. The van der Waals surface area contributed by atoms with Crippen LogP contribution in [0.15, 0.2) is 48.5 Å². The first-order chi connectivity index (χ1) is 13.0. The third-order valence-corrected chi connectivity index (χ3v) is 4.43. The number of halogens is 2. The van der Waals surface area contributed by atoms with Gasteiger partial charge in [-0.1, -0.05) is 35.9 Å². The van der Waals surface area contributed by atoms with Crippen LogP contribution in [0.5, 0.6) is 0 Å². The van der Waals surface area contributed by atoms with Crippen molar-refractivity contribution in [1.29, 1.82) is 0 Å². The van der Waals surface area contributed by atoms with Gasteiger partial charge in [-0.3, -0.25) is 0 Å². The Kier molecular flexibility index (Phi) is 11.1. The highest BCUT2D eigenvalue weighted by atomic mass is 35.5. The minimum atomic E-state index is -0.335. The SMILES string of the molecule is COC(=O)c1ccc(CC(C)NCC(OCCO)c2cccc(Cl)c2)cc1.Cl. The molecule has 2 aromatic carbocycles. The van der Waals surface area contributed by atoms with Crippen LogP contribution >= 0.6 is 24.0 Å². The quantitative estimate of drug-likeness (QED) is 0.564. The number of carbonyl (C=O) groups is 1. The molecule has 0 fully saturated rings. The molecule has 0 aliphatic carbocycles. The monoisotopic (exact) mass is 427 g/mol. The van der Waals surface area contributed by atoms with E-state index in [0.29, 0.717) is 17.1 Å². The van der Waals surface area contributed by atoms with Gasteiger partial charge in [-0.25, -0.2) is 4.79 Å². The Morgan fingerprint density at radius 3 is 2.54 bits per heavy atom. The summed E-state index contributed by atoms with van der Waals surface area (Å²) in [7, 11) is 1.37. The second kappa shape index (κ2) is 12.8. The van der Waals surface area contributed by atoms with Gasteiger partial charge in [0.2, 0.25) is 0 Å². The molecule has 0 spiro atoms. The molecule has 7 heteroatoms. The lowest BCUT2D eigenvalue weighted by molar-refractivity contribution is 0.0269. The maximum atomic E-state index is 11.5. The number of esters is 1. The largest absolute Gasteiger partial charge is 0.465 e. The molecule has 0 amide bonds. The molecule has 2 rings (SSSR count). The van der Waals surface area contributed by atoms with Crippen LogP contribution in [0.1, 0.15) is 34.5 Å². The molecular weight excluding hydrogens is 401 g/mol. The first kappa shape index (κ1) is 24.4. The van der Waals surface area contributed by atoms with Crippen molar-refractivity contribution in [3.8, 4) is 0 Å². The van der Waals surface area contributed by atoms with Gasteiger partial charge in [0.15, 0.2) is 0 Å². The predicted octanol–water partition coefficient (Wildman–Crippen LogP) is 3.82. The zero-order valence-corrected chi connectivity index (χ0v) is 17.6. The standard InChI is InChI=1S/C21H26ClNO4.ClH/c1-15(12-16-6-8-17(9-7-16)21(25)26-2)23-14-20(27-11-10-24)18-4-3-5-19(22)13-18;/h3-9,13,15,20,23-24H,10-12,14H2,1-2H3;1H. The highest BCUT2D eigenvalue weighted by molar-refractivity contribution is 6.30. The molecule has 2 atom stereocenters. The maximum absolute atomic E-state index is 11.5. The summed E-state index contributed by atoms with van der Waals surface area (Å²) in [6.45, 7) is 2.93. The summed E-state index contributed by atoms with van der Waals surface area (Å²) in [6.07, 6.45) is 0.615. The number of aliphatic hydroxyl groups is 1. The van der Waals surface area contributed by atoms with E-state index in [0.717, 1.165) is 17.5 Å². The fourth-order valence-electron chi connectivity index (χ4n) is 2.80. The number of benzene rings is 2. The summed E-state index contributed by atoms with van der Waals surface area (Å²) in [5, 5.41) is 13.2. The van der Waals surface area contributed by atoms with Gasteiger partial charge < -0.3 is 19.9 Å². The van der Waals surface area contributed by atoms with Crippen LogP contribution in [0.3, 0.4) is 0 Å². The lowest BCUT2D eigenvalue weighted by atomic mass is 10.0. The van der Waals surface area contributed by atoms with Gasteiger partial charge in [-0.15, -0.1) is 12.4 Å². The molecule has 0 saturated carbocycles. The van der Waals surface area contributed by atoms with Gasteiger partial charge in [-0.05, 0) is 48.7 Å². The van der Waals surface area contributed by atoms with Gasteiger partial charge in [0.1, 0.15) is 0 Å². The molecule has 0 aliphatic heterocycles. The molecule has 28 heavy (non-hydrogen) atoms. The molecule has 0 radical (unpaired) electrons. The number of ether oxygens (including phenoxy) is 2. The van der Waals surface area contributed by atoms with Crippen LogP contribution in [0, 0.1) is 0 Å². The van der Waals surface area contributed by atoms with Crippen LogP contribution in [-0.4, -0.2) is 44.0 Å². The number of carbonyl (C=O) groups excluding carboxylic acids is 1. The molecule has 5 nitrogen and oxygen atoms in total. The number of hydrogen-bond acceptors (Lipinski definition) is 5. The molecule has 2 N–H and O–H groups in total. The number of rotatable bonds is 10. The average Bonchev–Trinajstić information content (AvgIpc) is 2.68. The first-order valence-corrected chi connectivity index (χ1v) is 9.30. The van der Waals surface area contributed by atoms with Crippen molar-refractivity contribution < 1.29 is 19.4 Å². The van der Waals surface area contributed by atoms with Crippen LogP contribution in [0.4, 0.5) is 0 Å². The average molecular weight is 428 g/mol. The van der Waals surface area contributed by atoms with Gasteiger partial charge in [0, 0.05) is 17.6 Å². The second-order valence-electron chi connectivity index (χ2n) is 6.34. The van der Waals surface area contributed by atoms with E-state index in [1.54, 1.807) is 12.1 Å². The van der Waals surface area contributed by atoms with Crippen molar-refractivity contribution in [2.24, 2.45) is 0 Å². The molecule has 0 saturated heterocycles. The lowest BCUT2D eigenvalue weighted by Crippen LogP contribution is -2.33. The normalized spacial score (nSPS) is 12.7. The summed E-state index contributed by atoms with van der Waals surface area (Å²) in [5.74, 6) is -0.335. The molecule has 0 heterocycles. The molecule has 2 unspecified atom stereocenters. The molecular formula is C21H27Cl2NO4. The summed E-state index contributed by atoms with van der Waals surface area (Å²) in [4.78, 5) is 11.5. The number of nitrogens with one attached hydrogen (secondary N) is 1. The van der Waals surface area contributed by atoms with Crippen molar-refractivity contribution >= 4 is 30.0 Å². The Balaban J connectivity index is 0.00000392. The van der Waals surface area contributed by atoms with E-state index in [1.807, 2.05) is 36.4 Å². The van der Waals surface area contributed by atoms with E-state index >= 15 is 0 Å². The molecule has 0 aliphatic rings. The number of aliphatic hydroxyl groups excluding tert-OH is 1. The zero-order valence-electron chi connectivity index (χ0n) is 16.1. The Morgan fingerprint density at radius 1 is 1.21 bits per heavy atom. The summed E-state index contributed by atoms with van der Waals surface area (Å²) < 4.78 is 10.5. The first-order valence-electron chi connectivity index (χ1n) is 8.92. The summed E-state index contributed by atoms with van der Waals surface area (Å²) >= 11 is 6.08. The smallest absolute Gasteiger partial charge is 0.337 e.